The van der Waals surface area contributed by atoms with Gasteiger partial charge in [0.2, 0.25) is 11.8 Å². The predicted octanol–water partition coefficient (Wildman–Crippen LogP) is 0.389. The number of nitrogens with zero attached hydrogens (tertiary/aromatic N) is 1. The molecule has 0 aliphatic carbocycles. The van der Waals surface area contributed by atoms with Crippen LogP contribution in [0, 0.1) is 5.92 Å². The molecule has 0 aromatic heterocycles. The molecule has 0 spiro atoms. The predicted molar refractivity (Wildman–Crippen MR) is 188 cm³/mol. The Morgan fingerprint density at radius 1 is 0.759 bits per heavy atom. The first-order chi connectivity index (χ1) is 27.1. The Kier molecular flexibility index (Phi) is 14.9. The number of unbranched alkanes of at least 4 members (excludes halogenated alkanes) is 1. The van der Waals surface area contributed by atoms with Crippen molar-refractivity contribution in [2.45, 2.75) is 70.6 Å². The number of rotatable bonds is 18. The van der Waals surface area contributed by atoms with E-state index in [4.69, 9.17) is 14.4 Å². The monoisotopic (exact) mass is 830 g/mol. The van der Waals surface area contributed by atoms with Crippen LogP contribution in [0.5, 0.6) is 0 Å². The van der Waals surface area contributed by atoms with Crippen LogP contribution in [0.1, 0.15) is 82.0 Å². The minimum Gasteiger partial charge on any atom is -0.481 e. The van der Waals surface area contributed by atoms with Gasteiger partial charge in [-0.25, -0.2) is 4.79 Å². The molecule has 4 amide bonds. The van der Waals surface area contributed by atoms with Gasteiger partial charge in [-0.3, -0.25) is 24.0 Å². The number of hydrogen-bond acceptors (Lipinski definition) is 10. The molecule has 2 aliphatic rings. The maximum absolute atomic E-state index is 14.0. The second kappa shape index (κ2) is 19.0. The Bertz CT molecular complexity index is 1920. The van der Waals surface area contributed by atoms with Crippen molar-refractivity contribution < 1.29 is 84.7 Å². The van der Waals surface area contributed by atoms with Crippen LogP contribution in [0.25, 0.3) is 0 Å². The van der Waals surface area contributed by atoms with Gasteiger partial charge in [-0.05, 0) is 65.6 Å². The van der Waals surface area contributed by atoms with Gasteiger partial charge in [0.05, 0.1) is 36.8 Å². The number of halogens is 6. The molecule has 58 heavy (non-hydrogen) atoms. The van der Waals surface area contributed by atoms with Crippen LogP contribution in [0.3, 0.4) is 0 Å². The van der Waals surface area contributed by atoms with Crippen molar-refractivity contribution >= 4 is 60.7 Å². The van der Waals surface area contributed by atoms with Crippen molar-refractivity contribution in [3.05, 3.63) is 57.6 Å². The molecule has 314 valence electrons. The zero-order valence-corrected chi connectivity index (χ0v) is 30.7. The molecule has 16 nitrogen and oxygen atoms in total. The summed E-state index contributed by atoms with van der Waals surface area (Å²) < 4.78 is 93.2. The lowest BCUT2D eigenvalue weighted by molar-refractivity contribution is -0.142. The number of amides is 4. The minimum atomic E-state index is -5.03. The lowest BCUT2D eigenvalue weighted by atomic mass is 9.77. The minimum absolute atomic E-state index is 0.164. The van der Waals surface area contributed by atoms with Crippen LogP contribution in [-0.2, 0) is 54.1 Å². The summed E-state index contributed by atoms with van der Waals surface area (Å²) >= 11 is 0. The van der Waals surface area contributed by atoms with E-state index in [2.05, 4.69) is 16.0 Å². The molecule has 2 aliphatic heterocycles. The van der Waals surface area contributed by atoms with Gasteiger partial charge in [0.15, 0.2) is 0 Å². The van der Waals surface area contributed by atoms with Gasteiger partial charge in [-0.15, -0.1) is 0 Å². The quantitative estimate of drug-likeness (QED) is 0.0614. The summed E-state index contributed by atoms with van der Waals surface area (Å²) in [6.45, 7) is -1.85. The van der Waals surface area contributed by atoms with Crippen molar-refractivity contribution in [2.75, 3.05) is 26.2 Å². The molecule has 0 bridgehead atoms. The summed E-state index contributed by atoms with van der Waals surface area (Å²) in [5.41, 5.74) is -5.39. The summed E-state index contributed by atoms with van der Waals surface area (Å²) in [6, 6.07) is 1.12. The number of hydrogen-bond donors (Lipinski definition) is 7. The second-order valence-electron chi connectivity index (χ2n) is 13.6. The molecule has 7 N–H and O–H groups in total. The molecular weight excluding hydrogens is 792 g/mol. The molecule has 2 atom stereocenters. The maximum Gasteiger partial charge on any atom is 0.491 e. The number of nitrogens with one attached hydrogen (secondary N) is 3. The zero-order valence-electron chi connectivity index (χ0n) is 30.7. The highest BCUT2D eigenvalue weighted by molar-refractivity contribution is 6.62. The molecule has 2 aromatic rings. The Morgan fingerprint density at radius 2 is 1.31 bits per heavy atom. The van der Waals surface area contributed by atoms with Gasteiger partial charge in [-0.1, -0.05) is 13.3 Å². The maximum atomic E-state index is 14.0. The van der Waals surface area contributed by atoms with Crippen molar-refractivity contribution in [1.82, 2.24) is 20.9 Å². The Morgan fingerprint density at radius 3 is 1.84 bits per heavy atom. The normalized spacial score (nSPS) is 14.6. The van der Waals surface area contributed by atoms with Gasteiger partial charge in [-0.2, -0.15) is 26.3 Å². The van der Waals surface area contributed by atoms with E-state index in [1.807, 2.05) is 0 Å². The van der Waals surface area contributed by atoms with Crippen LogP contribution < -0.4 is 26.9 Å². The average Bonchev–Trinajstić information content (AvgIpc) is 3.71. The zero-order chi connectivity index (χ0) is 43.1. The largest absolute Gasteiger partial charge is 0.491 e. The highest BCUT2D eigenvalue weighted by atomic mass is 19.4. The molecule has 0 saturated heterocycles. The van der Waals surface area contributed by atoms with Gasteiger partial charge in [0, 0.05) is 37.2 Å². The standard InChI is InChI=1S/C34H38B2F6N4O12/c1-17(31(51)52)4-2-3-7-43-27(47)6-5-26(32(53)54)45-28(48)14-46(30(50)19-11-23(34(40,41)42)21-16-58-36(56)25(21)13-19)9-8-44-29(49)18-10-22(33(37,38)39)20-15-57-35(55)24(20)12-18/h10-13,17,26,55-56H,2-9,14-16H2,1H3,(H,43,47)(H,44,49)(H,45,48)(H,51,52)(H,53,54)/t17-,26-/m0/s1. The average molecular weight is 830 g/mol. The number of carboxylic acids is 2. The first-order valence-corrected chi connectivity index (χ1v) is 17.7. The van der Waals surface area contributed by atoms with Crippen molar-refractivity contribution in [2.24, 2.45) is 5.92 Å². The van der Waals surface area contributed by atoms with E-state index >= 15 is 0 Å². The van der Waals surface area contributed by atoms with E-state index < -0.39 is 147 Å². The van der Waals surface area contributed by atoms with E-state index in [1.54, 1.807) is 0 Å². The highest BCUT2D eigenvalue weighted by Crippen LogP contribution is 2.35. The van der Waals surface area contributed by atoms with Gasteiger partial charge in [0.1, 0.15) is 6.04 Å². The summed E-state index contributed by atoms with van der Waals surface area (Å²) in [6.07, 6.45) is -9.51. The van der Waals surface area contributed by atoms with Crippen LogP contribution in [-0.4, -0.2) is 107 Å². The molecular formula is C34H38B2F6N4O12. The lowest BCUT2D eigenvalue weighted by Gasteiger charge is -2.25. The van der Waals surface area contributed by atoms with Crippen molar-refractivity contribution in [1.29, 1.82) is 0 Å². The molecule has 2 aromatic carbocycles. The summed E-state index contributed by atoms with van der Waals surface area (Å²) in [5.74, 6) is -7.28. The number of fused-ring (bicyclic) bond motifs is 2. The first-order valence-electron chi connectivity index (χ1n) is 17.7. The number of aliphatic carboxylic acids is 2. The molecule has 0 unspecified atom stereocenters. The summed E-state index contributed by atoms with van der Waals surface area (Å²) in [7, 11) is -3.60. The molecule has 24 heteroatoms. The number of carbonyl (C=O) groups excluding carboxylic acids is 4. The SMILES string of the molecule is C[C@@H](CCCCNC(=O)CC[C@H](NC(=O)CN(CCNC(=O)c1cc2c(c(C(F)(F)F)c1)COB2O)C(=O)c1cc2c(c(C(F)(F)F)c1)COB2O)C(=O)O)C(=O)O. The van der Waals surface area contributed by atoms with E-state index in [-0.39, 0.29) is 24.0 Å². The smallest absolute Gasteiger partial charge is 0.481 e. The fraction of sp³-hybridized carbons (Fsp3) is 0.471. The third-order valence-electron chi connectivity index (χ3n) is 9.38. The highest BCUT2D eigenvalue weighted by Gasteiger charge is 2.42. The Hall–Kier alpha value is -5.19. The number of benzene rings is 2. The van der Waals surface area contributed by atoms with Crippen molar-refractivity contribution in [3.63, 3.8) is 0 Å². The summed E-state index contributed by atoms with van der Waals surface area (Å²) in [4.78, 5) is 75.8. The number of carboxylic acid groups (broad SMARTS) is 2. The van der Waals surface area contributed by atoms with E-state index in [9.17, 15) is 70.3 Å². The number of carbonyl (C=O) groups is 6. The van der Waals surface area contributed by atoms with Crippen LogP contribution in [0.15, 0.2) is 24.3 Å². The molecule has 0 radical (unpaired) electrons. The Balaban J connectivity index is 1.49. The first kappa shape index (κ1) is 45.5. The van der Waals surface area contributed by atoms with E-state index in [0.717, 1.165) is 12.1 Å². The molecule has 0 fully saturated rings. The van der Waals surface area contributed by atoms with Crippen molar-refractivity contribution in [3.8, 4) is 0 Å². The van der Waals surface area contributed by atoms with Crippen LogP contribution in [0.4, 0.5) is 26.3 Å². The summed E-state index contributed by atoms with van der Waals surface area (Å²) in [5, 5.41) is 45.7. The molecule has 0 saturated carbocycles. The van der Waals surface area contributed by atoms with E-state index in [0.29, 0.717) is 36.3 Å². The third-order valence-corrected chi connectivity index (χ3v) is 9.38. The fourth-order valence-electron chi connectivity index (χ4n) is 6.22. The van der Waals surface area contributed by atoms with E-state index in [1.165, 1.54) is 6.92 Å². The van der Waals surface area contributed by atoms with Gasteiger partial charge in [0.25, 0.3) is 11.8 Å². The lowest BCUT2D eigenvalue weighted by Crippen LogP contribution is -2.49. The van der Waals surface area contributed by atoms with Gasteiger partial charge < -0.3 is 50.4 Å². The third kappa shape index (κ3) is 11.7. The topological polar surface area (TPSA) is 241 Å². The second-order valence-corrected chi connectivity index (χ2v) is 13.6. The fourth-order valence-corrected chi connectivity index (χ4v) is 6.22. The Labute approximate surface area is 326 Å². The van der Waals surface area contributed by atoms with Crippen LogP contribution >= 0.6 is 0 Å². The molecule has 4 rings (SSSR count). The molecule has 2 heterocycles. The number of alkyl halides is 6. The van der Waals surface area contributed by atoms with Crippen LogP contribution in [0.2, 0.25) is 0 Å². The van der Waals surface area contributed by atoms with Gasteiger partial charge >= 0.3 is 38.5 Å².